The third kappa shape index (κ3) is 5.22. The Labute approximate surface area is 141 Å². The minimum absolute atomic E-state index is 0.241. The molecule has 0 fully saturated rings. The maximum atomic E-state index is 6.20. The van der Waals surface area contributed by atoms with Gasteiger partial charge in [0.2, 0.25) is 5.89 Å². The van der Waals surface area contributed by atoms with E-state index in [2.05, 4.69) is 25.8 Å². The standard InChI is InChI=1S/C18H27NO3Si/c1-13-16(18(5,6)22-23-17(2,3)4)21-15(19-13)12-20-14-10-8-7-9-11-14/h7-11H,12,23H2,1-6H3. The van der Waals surface area contributed by atoms with Gasteiger partial charge in [-0.2, -0.15) is 0 Å². The highest BCUT2D eigenvalue weighted by atomic mass is 28.2. The van der Waals surface area contributed by atoms with E-state index < -0.39 is 15.4 Å². The highest BCUT2D eigenvalue weighted by Crippen LogP contribution is 2.31. The van der Waals surface area contributed by atoms with Gasteiger partial charge in [0.1, 0.15) is 11.4 Å². The average Bonchev–Trinajstić information content (AvgIpc) is 2.86. The Balaban J connectivity index is 2.05. The van der Waals surface area contributed by atoms with Crippen molar-refractivity contribution in [3.63, 3.8) is 0 Å². The summed E-state index contributed by atoms with van der Waals surface area (Å²) in [5.74, 6) is 2.18. The molecule has 0 saturated heterocycles. The molecule has 2 aromatic rings. The smallest absolute Gasteiger partial charge is 0.232 e. The van der Waals surface area contributed by atoms with Gasteiger partial charge in [-0.15, -0.1) is 0 Å². The number of para-hydroxylation sites is 1. The van der Waals surface area contributed by atoms with Crippen LogP contribution in [0.5, 0.6) is 5.75 Å². The Morgan fingerprint density at radius 3 is 2.35 bits per heavy atom. The number of hydrogen-bond donors (Lipinski definition) is 0. The second kappa shape index (κ2) is 6.89. The lowest BCUT2D eigenvalue weighted by atomic mass is 10.1. The summed E-state index contributed by atoms with van der Waals surface area (Å²) < 4.78 is 17.8. The fraction of sp³-hybridized carbons (Fsp3) is 0.500. The van der Waals surface area contributed by atoms with Crippen molar-refractivity contribution in [3.8, 4) is 5.75 Å². The molecule has 1 heterocycles. The molecule has 0 aliphatic heterocycles. The van der Waals surface area contributed by atoms with Crippen molar-refractivity contribution in [2.45, 2.75) is 58.8 Å². The summed E-state index contributed by atoms with van der Waals surface area (Å²) in [6.07, 6.45) is 0. The first-order valence-electron chi connectivity index (χ1n) is 7.96. The molecule has 0 radical (unpaired) electrons. The minimum atomic E-state index is -0.677. The molecule has 4 nitrogen and oxygen atoms in total. The Bertz CT molecular complexity index is 629. The summed E-state index contributed by atoms with van der Waals surface area (Å²) in [6, 6.07) is 9.67. The van der Waals surface area contributed by atoms with Crippen molar-refractivity contribution < 1.29 is 13.6 Å². The van der Waals surface area contributed by atoms with Crippen molar-refractivity contribution in [1.29, 1.82) is 0 Å². The van der Waals surface area contributed by atoms with E-state index in [0.29, 0.717) is 12.5 Å². The van der Waals surface area contributed by atoms with Crippen LogP contribution in [-0.2, 0) is 16.6 Å². The summed E-state index contributed by atoms with van der Waals surface area (Å²) in [7, 11) is -0.677. The zero-order valence-corrected chi connectivity index (χ0v) is 16.4. The van der Waals surface area contributed by atoms with Crippen molar-refractivity contribution in [3.05, 3.63) is 47.7 Å². The molecule has 2 rings (SSSR count). The lowest BCUT2D eigenvalue weighted by Gasteiger charge is -2.28. The summed E-state index contributed by atoms with van der Waals surface area (Å²) in [4.78, 5) is 4.48. The normalized spacial score (nSPS) is 13.0. The van der Waals surface area contributed by atoms with E-state index in [1.54, 1.807) is 0 Å². The number of nitrogens with zero attached hydrogens (tertiary/aromatic N) is 1. The van der Waals surface area contributed by atoms with Gasteiger partial charge in [-0.1, -0.05) is 39.0 Å². The Kier molecular flexibility index (Phi) is 5.32. The highest BCUT2D eigenvalue weighted by molar-refractivity contribution is 6.31. The molecule has 23 heavy (non-hydrogen) atoms. The Morgan fingerprint density at radius 2 is 1.74 bits per heavy atom. The first-order valence-corrected chi connectivity index (χ1v) is 9.24. The summed E-state index contributed by atoms with van der Waals surface area (Å²) >= 11 is 0. The SMILES string of the molecule is Cc1nc(COc2ccccc2)oc1C(C)(C)O[SiH2]C(C)(C)C. The van der Waals surface area contributed by atoms with Crippen LogP contribution in [-0.4, -0.2) is 14.7 Å². The van der Waals surface area contributed by atoms with Crippen LogP contribution in [0, 0.1) is 6.92 Å². The third-order valence-corrected chi connectivity index (χ3v) is 5.09. The fourth-order valence-electron chi connectivity index (χ4n) is 2.20. The van der Waals surface area contributed by atoms with Gasteiger partial charge >= 0.3 is 0 Å². The van der Waals surface area contributed by atoms with Gasteiger partial charge < -0.3 is 13.6 Å². The molecule has 0 aliphatic rings. The van der Waals surface area contributed by atoms with Crippen LogP contribution in [0.1, 0.15) is 52.0 Å². The number of ether oxygens (including phenoxy) is 1. The van der Waals surface area contributed by atoms with Gasteiger partial charge in [-0.05, 0) is 37.9 Å². The lowest BCUT2D eigenvalue weighted by Crippen LogP contribution is -2.27. The number of hydrogen-bond acceptors (Lipinski definition) is 4. The van der Waals surface area contributed by atoms with Crippen LogP contribution < -0.4 is 4.74 Å². The van der Waals surface area contributed by atoms with Gasteiger partial charge in [0.25, 0.3) is 0 Å². The molecule has 0 N–H and O–H groups in total. The van der Waals surface area contributed by atoms with Crippen molar-refractivity contribution in [1.82, 2.24) is 4.98 Å². The van der Waals surface area contributed by atoms with Crippen LogP contribution in [0.4, 0.5) is 0 Å². The molecule has 1 aromatic heterocycles. The van der Waals surface area contributed by atoms with E-state index in [0.717, 1.165) is 17.2 Å². The molecule has 0 saturated carbocycles. The monoisotopic (exact) mass is 333 g/mol. The molecule has 0 amide bonds. The zero-order chi connectivity index (χ0) is 17.1. The van der Waals surface area contributed by atoms with E-state index >= 15 is 0 Å². The molecule has 0 bridgehead atoms. The zero-order valence-electron chi connectivity index (χ0n) is 15.0. The average molecular weight is 334 g/mol. The van der Waals surface area contributed by atoms with Crippen LogP contribution >= 0.6 is 0 Å². The second-order valence-corrected chi connectivity index (χ2v) is 10.2. The maximum Gasteiger partial charge on any atom is 0.232 e. The Hall–Kier alpha value is -1.59. The number of benzene rings is 1. The van der Waals surface area contributed by atoms with Gasteiger partial charge in [-0.3, -0.25) is 0 Å². The molecule has 0 unspecified atom stereocenters. The molecule has 1 aromatic carbocycles. The largest absolute Gasteiger partial charge is 0.484 e. The highest BCUT2D eigenvalue weighted by Gasteiger charge is 2.30. The van der Waals surface area contributed by atoms with Crippen molar-refractivity contribution in [2.24, 2.45) is 0 Å². The first-order chi connectivity index (χ1) is 10.7. The predicted molar refractivity (Wildman–Crippen MR) is 94.4 cm³/mol. The van der Waals surface area contributed by atoms with Crippen LogP contribution in [0.2, 0.25) is 5.04 Å². The number of aryl methyl sites for hydroxylation is 1. The molecule has 126 valence electrons. The number of oxazole rings is 1. The van der Waals surface area contributed by atoms with Gasteiger partial charge in [0, 0.05) is 0 Å². The van der Waals surface area contributed by atoms with E-state index in [1.807, 2.05) is 51.1 Å². The molecule has 0 aliphatic carbocycles. The second-order valence-electron chi connectivity index (χ2n) is 7.48. The summed E-state index contributed by atoms with van der Waals surface area (Å²) in [5, 5.41) is 0.241. The summed E-state index contributed by atoms with van der Waals surface area (Å²) in [6.45, 7) is 13.0. The molecule has 0 atom stereocenters. The van der Waals surface area contributed by atoms with E-state index in [-0.39, 0.29) is 5.04 Å². The van der Waals surface area contributed by atoms with Gasteiger partial charge in [0.05, 0.1) is 5.69 Å². The van der Waals surface area contributed by atoms with E-state index in [1.165, 1.54) is 0 Å². The minimum Gasteiger partial charge on any atom is -0.484 e. The number of aromatic nitrogens is 1. The first kappa shape index (κ1) is 17.8. The maximum absolute atomic E-state index is 6.20. The molecular weight excluding hydrogens is 306 g/mol. The lowest BCUT2D eigenvalue weighted by molar-refractivity contribution is 0.0785. The predicted octanol–water partition coefficient (Wildman–Crippen LogP) is 4.12. The van der Waals surface area contributed by atoms with Crippen LogP contribution in [0.25, 0.3) is 0 Å². The Morgan fingerprint density at radius 1 is 1.09 bits per heavy atom. The molecule has 0 spiro atoms. The van der Waals surface area contributed by atoms with E-state index in [4.69, 9.17) is 13.6 Å². The van der Waals surface area contributed by atoms with E-state index in [9.17, 15) is 0 Å². The topological polar surface area (TPSA) is 44.5 Å². The summed E-state index contributed by atoms with van der Waals surface area (Å²) in [5.41, 5.74) is 0.409. The number of rotatable bonds is 6. The van der Waals surface area contributed by atoms with Gasteiger partial charge in [0.15, 0.2) is 22.1 Å². The quantitative estimate of drug-likeness (QED) is 0.746. The van der Waals surface area contributed by atoms with Crippen LogP contribution in [0.3, 0.4) is 0 Å². The van der Waals surface area contributed by atoms with Crippen molar-refractivity contribution in [2.75, 3.05) is 0 Å². The fourth-order valence-corrected chi connectivity index (χ4v) is 3.12. The molecular formula is C18H27NO3Si. The van der Waals surface area contributed by atoms with Crippen molar-refractivity contribution >= 4 is 9.76 Å². The van der Waals surface area contributed by atoms with Crippen LogP contribution in [0.15, 0.2) is 34.7 Å². The third-order valence-electron chi connectivity index (χ3n) is 3.36. The molecule has 5 heteroatoms. The van der Waals surface area contributed by atoms with Gasteiger partial charge in [-0.25, -0.2) is 4.98 Å².